The average molecular weight is 328 g/mol. The van der Waals surface area contributed by atoms with Gasteiger partial charge in [-0.15, -0.1) is 0 Å². The first kappa shape index (κ1) is 15.4. The molecule has 1 unspecified atom stereocenters. The highest BCUT2D eigenvalue weighted by Crippen LogP contribution is 2.40. The van der Waals surface area contributed by atoms with Crippen molar-refractivity contribution in [3.05, 3.63) is 30.1 Å². The Hall–Kier alpha value is -2.11. The average Bonchev–Trinajstić information content (AvgIpc) is 3.38. The highest BCUT2D eigenvalue weighted by molar-refractivity contribution is 5.86. The fraction of sp³-hybridized carbons (Fsp3) is 0.611. The van der Waals surface area contributed by atoms with E-state index in [1.165, 1.54) is 0 Å². The van der Waals surface area contributed by atoms with E-state index < -0.39 is 0 Å². The van der Waals surface area contributed by atoms with Gasteiger partial charge >= 0.3 is 6.03 Å². The van der Waals surface area contributed by atoms with E-state index in [1.54, 1.807) is 6.20 Å². The van der Waals surface area contributed by atoms with Crippen LogP contribution in [0, 0.1) is 5.41 Å². The van der Waals surface area contributed by atoms with Gasteiger partial charge in [0.2, 0.25) is 5.91 Å². The van der Waals surface area contributed by atoms with Crippen LogP contribution in [0.2, 0.25) is 0 Å². The lowest BCUT2D eigenvalue weighted by Crippen LogP contribution is -2.52. The summed E-state index contributed by atoms with van der Waals surface area (Å²) >= 11 is 0. The molecule has 2 aliphatic heterocycles. The third kappa shape index (κ3) is 2.97. The van der Waals surface area contributed by atoms with Crippen LogP contribution < -0.4 is 5.32 Å². The summed E-state index contributed by atoms with van der Waals surface area (Å²) in [6.07, 6.45) is 8.38. The molecule has 3 fully saturated rings. The first-order valence-electron chi connectivity index (χ1n) is 8.90. The van der Waals surface area contributed by atoms with E-state index in [2.05, 4.69) is 10.3 Å². The van der Waals surface area contributed by atoms with Gasteiger partial charge in [0.15, 0.2) is 0 Å². The van der Waals surface area contributed by atoms with Gasteiger partial charge < -0.3 is 15.1 Å². The number of hydrogen-bond acceptors (Lipinski definition) is 3. The van der Waals surface area contributed by atoms with Gasteiger partial charge in [0.05, 0.1) is 5.41 Å². The fourth-order valence-corrected chi connectivity index (χ4v) is 3.93. The first-order chi connectivity index (χ1) is 11.7. The Bertz CT molecular complexity index is 631. The molecule has 128 valence electrons. The quantitative estimate of drug-likeness (QED) is 0.919. The van der Waals surface area contributed by atoms with Gasteiger partial charge in [-0.2, -0.15) is 0 Å². The van der Waals surface area contributed by atoms with Crippen molar-refractivity contribution >= 4 is 11.9 Å². The molecule has 0 radical (unpaired) electrons. The zero-order valence-electron chi connectivity index (χ0n) is 13.9. The van der Waals surface area contributed by atoms with Gasteiger partial charge in [0, 0.05) is 44.6 Å². The minimum Gasteiger partial charge on any atom is -0.338 e. The number of likely N-dealkylation sites (tertiary alicyclic amines) is 2. The van der Waals surface area contributed by atoms with Crippen molar-refractivity contribution in [1.82, 2.24) is 20.1 Å². The van der Waals surface area contributed by atoms with Crippen LogP contribution in [0.5, 0.6) is 0 Å². The summed E-state index contributed by atoms with van der Waals surface area (Å²) in [5.74, 6) is 0.204. The molecule has 3 aliphatic rings. The summed E-state index contributed by atoms with van der Waals surface area (Å²) in [4.78, 5) is 33.3. The molecule has 2 saturated heterocycles. The van der Waals surface area contributed by atoms with Crippen LogP contribution in [0.3, 0.4) is 0 Å². The second kappa shape index (κ2) is 6.07. The molecule has 3 amide bonds. The van der Waals surface area contributed by atoms with E-state index in [0.717, 1.165) is 50.8 Å². The Morgan fingerprint density at radius 1 is 1.33 bits per heavy atom. The first-order valence-corrected chi connectivity index (χ1v) is 8.90. The van der Waals surface area contributed by atoms with Crippen molar-refractivity contribution in [2.45, 2.75) is 44.7 Å². The molecule has 6 nitrogen and oxygen atoms in total. The summed E-state index contributed by atoms with van der Waals surface area (Å²) in [5, 5.41) is 3.05. The van der Waals surface area contributed by atoms with Gasteiger partial charge in [-0.05, 0) is 43.7 Å². The monoisotopic (exact) mass is 328 g/mol. The van der Waals surface area contributed by atoms with Crippen LogP contribution in [0.4, 0.5) is 4.79 Å². The number of piperidine rings is 1. The molecule has 0 aromatic carbocycles. The molecule has 0 bridgehead atoms. The number of pyridine rings is 1. The van der Waals surface area contributed by atoms with E-state index >= 15 is 0 Å². The molecule has 4 rings (SSSR count). The number of carbonyl (C=O) groups is 2. The Morgan fingerprint density at radius 3 is 2.96 bits per heavy atom. The number of nitrogens with zero attached hydrogens (tertiary/aromatic N) is 3. The van der Waals surface area contributed by atoms with Gasteiger partial charge in [0.25, 0.3) is 0 Å². The summed E-state index contributed by atoms with van der Waals surface area (Å²) in [6.45, 7) is 2.71. The van der Waals surface area contributed by atoms with E-state index in [9.17, 15) is 9.59 Å². The smallest absolute Gasteiger partial charge is 0.317 e. The topological polar surface area (TPSA) is 65.5 Å². The summed E-state index contributed by atoms with van der Waals surface area (Å²) in [7, 11) is 0. The zero-order valence-corrected chi connectivity index (χ0v) is 13.9. The molecular weight excluding hydrogens is 304 g/mol. The van der Waals surface area contributed by atoms with Crippen LogP contribution in [0.25, 0.3) is 0 Å². The zero-order chi connectivity index (χ0) is 16.6. The van der Waals surface area contributed by atoms with Crippen molar-refractivity contribution < 1.29 is 9.59 Å². The number of urea groups is 1. The lowest BCUT2D eigenvalue weighted by Gasteiger charge is -2.39. The van der Waals surface area contributed by atoms with Crippen molar-refractivity contribution in [2.75, 3.05) is 19.6 Å². The van der Waals surface area contributed by atoms with E-state index in [0.29, 0.717) is 19.1 Å². The number of nitrogens with one attached hydrogen (secondary N) is 1. The molecule has 1 aromatic heterocycles. The van der Waals surface area contributed by atoms with Crippen molar-refractivity contribution in [3.63, 3.8) is 0 Å². The van der Waals surface area contributed by atoms with Crippen LogP contribution in [0.15, 0.2) is 24.5 Å². The molecule has 1 aliphatic carbocycles. The molecule has 24 heavy (non-hydrogen) atoms. The molecule has 1 aromatic rings. The van der Waals surface area contributed by atoms with Crippen LogP contribution in [-0.4, -0.2) is 52.4 Å². The van der Waals surface area contributed by atoms with Crippen LogP contribution in [-0.2, 0) is 11.3 Å². The molecule has 1 saturated carbocycles. The highest BCUT2D eigenvalue weighted by Gasteiger charge is 2.49. The van der Waals surface area contributed by atoms with Crippen molar-refractivity contribution in [1.29, 1.82) is 0 Å². The summed E-state index contributed by atoms with van der Waals surface area (Å²) in [6, 6.07) is 4.27. The van der Waals surface area contributed by atoms with Crippen molar-refractivity contribution in [3.8, 4) is 0 Å². The maximum absolute atomic E-state index is 13.0. The fourth-order valence-electron chi connectivity index (χ4n) is 3.93. The lowest BCUT2D eigenvalue weighted by molar-refractivity contribution is -0.138. The number of rotatable bonds is 3. The highest BCUT2D eigenvalue weighted by atomic mass is 16.2. The SMILES string of the molecule is O=C(NC1CC1)N1CCCC2(CCN(Cc3cccnc3)C2=O)C1. The van der Waals surface area contributed by atoms with Gasteiger partial charge in [-0.3, -0.25) is 9.78 Å². The molecule has 1 atom stereocenters. The number of aromatic nitrogens is 1. The minimum atomic E-state index is -0.374. The van der Waals surface area contributed by atoms with E-state index in [4.69, 9.17) is 0 Å². The maximum atomic E-state index is 13.0. The Balaban J connectivity index is 1.42. The number of amides is 3. The molecule has 3 heterocycles. The molecule has 1 spiro atoms. The minimum absolute atomic E-state index is 0.00934. The molecule has 1 N–H and O–H groups in total. The summed E-state index contributed by atoms with van der Waals surface area (Å²) in [5.41, 5.74) is 0.684. The third-order valence-electron chi connectivity index (χ3n) is 5.47. The van der Waals surface area contributed by atoms with E-state index in [1.807, 2.05) is 28.1 Å². The van der Waals surface area contributed by atoms with Gasteiger partial charge in [-0.25, -0.2) is 4.79 Å². The van der Waals surface area contributed by atoms with Gasteiger partial charge in [0.1, 0.15) is 0 Å². The second-order valence-corrected chi connectivity index (χ2v) is 7.37. The van der Waals surface area contributed by atoms with Crippen LogP contribution >= 0.6 is 0 Å². The largest absolute Gasteiger partial charge is 0.338 e. The number of hydrogen-bond donors (Lipinski definition) is 1. The van der Waals surface area contributed by atoms with Crippen LogP contribution in [0.1, 0.15) is 37.7 Å². The Labute approximate surface area is 142 Å². The second-order valence-electron chi connectivity index (χ2n) is 7.37. The Kier molecular flexibility index (Phi) is 3.90. The standard InChI is InChI=1S/C18H24N4O2/c23-16-18(7-10-21(16)12-14-3-1-8-19-11-14)6-2-9-22(13-18)17(24)20-15-4-5-15/h1,3,8,11,15H,2,4-7,9-10,12-13H2,(H,20,24). The Morgan fingerprint density at radius 2 is 2.21 bits per heavy atom. The molecular formula is C18H24N4O2. The van der Waals surface area contributed by atoms with E-state index in [-0.39, 0.29) is 17.4 Å². The van der Waals surface area contributed by atoms with Crippen molar-refractivity contribution in [2.24, 2.45) is 5.41 Å². The predicted molar refractivity (Wildman–Crippen MR) is 89.1 cm³/mol. The predicted octanol–water partition coefficient (Wildman–Crippen LogP) is 1.77. The lowest BCUT2D eigenvalue weighted by atomic mass is 9.78. The summed E-state index contributed by atoms with van der Waals surface area (Å²) < 4.78 is 0. The molecule has 6 heteroatoms. The van der Waals surface area contributed by atoms with Gasteiger partial charge in [-0.1, -0.05) is 6.07 Å². The number of carbonyl (C=O) groups excluding carboxylic acids is 2. The normalized spacial score (nSPS) is 26.9. The maximum Gasteiger partial charge on any atom is 0.317 e. The third-order valence-corrected chi connectivity index (χ3v) is 5.47.